The van der Waals surface area contributed by atoms with E-state index in [-0.39, 0.29) is 18.3 Å². The van der Waals surface area contributed by atoms with Crippen LogP contribution < -0.4 is 11.0 Å². The quantitative estimate of drug-likeness (QED) is 0.191. The second-order valence-electron chi connectivity index (χ2n) is 11.4. The number of nitrogens with one attached hydrogen (secondary N) is 1. The van der Waals surface area contributed by atoms with Crippen LogP contribution in [0.25, 0.3) is 0 Å². The summed E-state index contributed by atoms with van der Waals surface area (Å²) in [4.78, 5) is 30.2. The molecule has 3 rings (SSSR count). The Morgan fingerprint density at radius 2 is 1.42 bits per heavy atom. The third-order valence-corrected chi connectivity index (χ3v) is 7.69. The first kappa shape index (κ1) is 36.8. The summed E-state index contributed by atoms with van der Waals surface area (Å²) in [6.07, 6.45) is 3.31. The molecule has 11 nitrogen and oxygen atoms in total. The molecule has 2 aromatic rings. The number of benzene rings is 1. The third kappa shape index (κ3) is 11.3. The zero-order valence-corrected chi connectivity index (χ0v) is 27.4. The van der Waals surface area contributed by atoms with Crippen molar-refractivity contribution in [1.82, 2.24) is 9.55 Å². The molecule has 0 spiro atoms. The SMILES string of the molecule is CCCCOC[C@H]1O[C@@H](n2ccc(NC(=O)c3ccccc3)nc2=O)[C@H](O)[C@H](OCCCC)[C@@H](OCCCC)[C@@H]1OCCCC. The lowest BCUT2D eigenvalue weighted by Crippen LogP contribution is -2.52. The number of carbonyl (C=O) groups excluding carboxylic acids is 1. The topological polar surface area (TPSA) is 130 Å². The Hall–Kier alpha value is -2.67. The van der Waals surface area contributed by atoms with Crippen molar-refractivity contribution in [2.45, 2.75) is 116 Å². The van der Waals surface area contributed by atoms with E-state index in [0.717, 1.165) is 51.4 Å². The summed E-state index contributed by atoms with van der Waals surface area (Å²) in [5, 5.41) is 14.6. The highest BCUT2D eigenvalue weighted by Crippen LogP contribution is 2.33. The summed E-state index contributed by atoms with van der Waals surface area (Å²) in [5.41, 5.74) is -0.260. The van der Waals surface area contributed by atoms with Crippen LogP contribution in [0.15, 0.2) is 47.4 Å². The predicted molar refractivity (Wildman–Crippen MR) is 172 cm³/mol. The summed E-state index contributed by atoms with van der Waals surface area (Å²) in [5.74, 6) is -0.302. The van der Waals surface area contributed by atoms with Crippen molar-refractivity contribution in [2.75, 3.05) is 38.4 Å². The van der Waals surface area contributed by atoms with E-state index in [1.54, 1.807) is 24.3 Å². The highest BCUT2D eigenvalue weighted by Gasteiger charge is 2.49. The monoisotopic (exact) mass is 631 g/mol. The number of hydrogen-bond acceptors (Lipinski definition) is 9. The average Bonchev–Trinajstić information content (AvgIpc) is 3.14. The van der Waals surface area contributed by atoms with Gasteiger partial charge in [-0.3, -0.25) is 9.36 Å². The van der Waals surface area contributed by atoms with E-state index in [1.807, 2.05) is 6.07 Å². The second-order valence-corrected chi connectivity index (χ2v) is 11.4. The van der Waals surface area contributed by atoms with E-state index < -0.39 is 42.4 Å². The Morgan fingerprint density at radius 3 is 2.02 bits per heavy atom. The van der Waals surface area contributed by atoms with E-state index in [2.05, 4.69) is 38.0 Å². The molecule has 1 saturated heterocycles. The number of aliphatic hydroxyl groups excluding tert-OH is 1. The number of ether oxygens (including phenoxy) is 5. The highest BCUT2D eigenvalue weighted by atomic mass is 16.6. The van der Waals surface area contributed by atoms with Gasteiger partial charge >= 0.3 is 5.69 Å². The molecule has 2 N–H and O–H groups in total. The van der Waals surface area contributed by atoms with Gasteiger partial charge in [0, 0.05) is 38.2 Å². The molecule has 0 bridgehead atoms. The van der Waals surface area contributed by atoms with Crippen molar-refractivity contribution in [1.29, 1.82) is 0 Å². The first-order valence-corrected chi connectivity index (χ1v) is 16.7. The molecule has 2 heterocycles. The summed E-state index contributed by atoms with van der Waals surface area (Å²) in [6, 6.07) is 10.2. The minimum absolute atomic E-state index is 0.0879. The molecular formula is C34H53N3O8. The predicted octanol–water partition coefficient (Wildman–Crippen LogP) is 5.13. The van der Waals surface area contributed by atoms with Crippen LogP contribution in [0.5, 0.6) is 0 Å². The molecular weight excluding hydrogens is 578 g/mol. The van der Waals surface area contributed by atoms with Crippen LogP contribution in [0, 0.1) is 0 Å². The highest BCUT2D eigenvalue weighted by molar-refractivity contribution is 6.03. The van der Waals surface area contributed by atoms with Gasteiger partial charge in [0.05, 0.1) is 6.61 Å². The Labute approximate surface area is 267 Å². The average molecular weight is 632 g/mol. The van der Waals surface area contributed by atoms with Crippen LogP contribution in [0.3, 0.4) is 0 Å². The number of unbranched alkanes of at least 4 members (excludes halogenated alkanes) is 4. The first-order valence-electron chi connectivity index (χ1n) is 16.7. The molecule has 0 radical (unpaired) electrons. The molecule has 1 aliphatic rings. The molecule has 1 amide bonds. The standard InChI is InChI=1S/C34H53N3O8/c1-5-9-20-41-24-26-29(42-21-10-6-2)31(44-23-12-8-4)30(43-22-11-7-3)28(38)33(45-26)37-19-18-27(36-34(37)40)35-32(39)25-16-14-13-15-17-25/h13-19,26,28-31,33,38H,5-12,20-24H2,1-4H3,(H,35,36,39,40)/t26-,28-,29-,30+,31+,33-/m1/s1. The number of nitrogens with zero attached hydrogens (tertiary/aromatic N) is 2. The van der Waals surface area contributed by atoms with E-state index in [1.165, 1.54) is 16.8 Å². The van der Waals surface area contributed by atoms with Crippen LogP contribution in [-0.4, -0.2) is 84.1 Å². The Kier molecular flexibility index (Phi) is 16.7. The van der Waals surface area contributed by atoms with E-state index in [0.29, 0.717) is 32.0 Å². The second kappa shape index (κ2) is 20.5. The fourth-order valence-corrected chi connectivity index (χ4v) is 5.03. The van der Waals surface area contributed by atoms with Crippen LogP contribution in [-0.2, 0) is 23.7 Å². The number of anilines is 1. The largest absolute Gasteiger partial charge is 0.386 e. The lowest BCUT2D eigenvalue weighted by atomic mass is 9.99. The molecule has 0 unspecified atom stereocenters. The van der Waals surface area contributed by atoms with Crippen molar-refractivity contribution in [2.24, 2.45) is 0 Å². The number of carbonyl (C=O) groups is 1. The Balaban J connectivity index is 1.99. The van der Waals surface area contributed by atoms with Gasteiger partial charge in [-0.25, -0.2) is 4.79 Å². The van der Waals surface area contributed by atoms with E-state index in [9.17, 15) is 14.7 Å². The smallest absolute Gasteiger partial charge is 0.351 e. The summed E-state index contributed by atoms with van der Waals surface area (Å²) in [7, 11) is 0. The van der Waals surface area contributed by atoms with Crippen LogP contribution in [0.4, 0.5) is 5.82 Å². The maximum Gasteiger partial charge on any atom is 0.351 e. The van der Waals surface area contributed by atoms with Gasteiger partial charge < -0.3 is 34.1 Å². The molecule has 6 atom stereocenters. The van der Waals surface area contributed by atoms with Gasteiger partial charge in [-0.1, -0.05) is 71.6 Å². The van der Waals surface area contributed by atoms with Crippen molar-refractivity contribution in [3.05, 3.63) is 58.6 Å². The van der Waals surface area contributed by atoms with Crippen LogP contribution in [0.2, 0.25) is 0 Å². The number of amides is 1. The van der Waals surface area contributed by atoms with Crippen LogP contribution >= 0.6 is 0 Å². The molecule has 1 aromatic heterocycles. The zero-order chi connectivity index (χ0) is 32.4. The minimum atomic E-state index is -1.30. The lowest BCUT2D eigenvalue weighted by molar-refractivity contribution is -0.176. The van der Waals surface area contributed by atoms with Crippen molar-refractivity contribution < 1.29 is 33.6 Å². The van der Waals surface area contributed by atoms with E-state index in [4.69, 9.17) is 23.7 Å². The van der Waals surface area contributed by atoms with Crippen molar-refractivity contribution in [3.63, 3.8) is 0 Å². The van der Waals surface area contributed by atoms with Crippen LogP contribution in [0.1, 0.15) is 95.6 Å². The number of aliphatic hydroxyl groups is 1. The lowest BCUT2D eigenvalue weighted by Gasteiger charge is -2.35. The summed E-state index contributed by atoms with van der Waals surface area (Å²) in [6.45, 7) is 10.4. The molecule has 1 aromatic carbocycles. The van der Waals surface area contributed by atoms with E-state index >= 15 is 0 Å². The van der Waals surface area contributed by atoms with Crippen molar-refractivity contribution >= 4 is 11.7 Å². The van der Waals surface area contributed by atoms with Gasteiger partial charge in [-0.05, 0) is 43.9 Å². The van der Waals surface area contributed by atoms with Gasteiger partial charge in [-0.2, -0.15) is 4.98 Å². The van der Waals surface area contributed by atoms with Gasteiger partial charge in [0.15, 0.2) is 6.23 Å². The van der Waals surface area contributed by atoms with Gasteiger partial charge in [0.25, 0.3) is 5.91 Å². The number of aromatic nitrogens is 2. The maximum absolute atomic E-state index is 13.4. The molecule has 45 heavy (non-hydrogen) atoms. The van der Waals surface area contributed by atoms with Crippen molar-refractivity contribution in [3.8, 4) is 0 Å². The fourth-order valence-electron chi connectivity index (χ4n) is 5.03. The number of rotatable bonds is 20. The minimum Gasteiger partial charge on any atom is -0.386 e. The molecule has 252 valence electrons. The normalized spacial score (nSPS) is 23.5. The van der Waals surface area contributed by atoms with Gasteiger partial charge in [0.2, 0.25) is 0 Å². The third-order valence-electron chi connectivity index (χ3n) is 7.69. The fraction of sp³-hybridized carbons (Fsp3) is 0.676. The first-order chi connectivity index (χ1) is 21.9. The zero-order valence-electron chi connectivity index (χ0n) is 27.4. The molecule has 0 aliphatic carbocycles. The maximum atomic E-state index is 13.4. The molecule has 1 aliphatic heterocycles. The molecule has 0 saturated carbocycles. The summed E-state index contributed by atoms with van der Waals surface area (Å²) >= 11 is 0. The molecule has 11 heteroatoms. The van der Waals surface area contributed by atoms with Gasteiger partial charge in [0.1, 0.15) is 36.3 Å². The number of hydrogen-bond donors (Lipinski definition) is 2. The molecule has 1 fully saturated rings. The van der Waals surface area contributed by atoms with Gasteiger partial charge in [-0.15, -0.1) is 0 Å². The Morgan fingerprint density at radius 1 is 0.844 bits per heavy atom. The Bertz CT molecular complexity index is 1160. The summed E-state index contributed by atoms with van der Waals surface area (Å²) < 4.78 is 33.0.